The molecule has 0 aliphatic rings. The van der Waals surface area contributed by atoms with Crippen molar-refractivity contribution in [2.75, 3.05) is 11.9 Å². The van der Waals surface area contributed by atoms with Crippen molar-refractivity contribution < 1.29 is 22.7 Å². The second-order valence-electron chi connectivity index (χ2n) is 5.69. The molecule has 1 N–H and O–H groups in total. The van der Waals surface area contributed by atoms with E-state index in [1.807, 2.05) is 19.1 Å². The highest BCUT2D eigenvalue weighted by Crippen LogP contribution is 2.32. The molecule has 3 rings (SSSR count). The molecule has 0 bridgehead atoms. The average Bonchev–Trinajstić information content (AvgIpc) is 2.60. The van der Waals surface area contributed by atoms with Gasteiger partial charge in [-0.05, 0) is 36.8 Å². The molecule has 0 aliphatic heterocycles. The Kier molecular flexibility index (Phi) is 4.79. The molecule has 0 atom stereocenters. The summed E-state index contributed by atoms with van der Waals surface area (Å²) in [5.74, 6) is 0.178. The molecule has 3 aromatic rings. The van der Waals surface area contributed by atoms with E-state index in [2.05, 4.69) is 10.3 Å². The number of nitrogens with one attached hydrogen (secondary N) is 1. The van der Waals surface area contributed by atoms with Gasteiger partial charge in [0.15, 0.2) is 6.61 Å². The van der Waals surface area contributed by atoms with Crippen LogP contribution in [-0.4, -0.2) is 17.5 Å². The van der Waals surface area contributed by atoms with Crippen LogP contribution >= 0.6 is 0 Å². The summed E-state index contributed by atoms with van der Waals surface area (Å²) in [6.07, 6.45) is -3.10. The van der Waals surface area contributed by atoms with Crippen LogP contribution in [0.15, 0.2) is 54.7 Å². The van der Waals surface area contributed by atoms with Crippen molar-refractivity contribution in [3.8, 4) is 5.75 Å². The van der Waals surface area contributed by atoms with Gasteiger partial charge >= 0.3 is 6.18 Å². The first-order valence-electron chi connectivity index (χ1n) is 7.79. The lowest BCUT2D eigenvalue weighted by molar-refractivity contribution is -0.137. The molecule has 7 heteroatoms. The second-order valence-corrected chi connectivity index (χ2v) is 5.69. The van der Waals surface area contributed by atoms with Crippen LogP contribution in [0, 0.1) is 6.92 Å². The first-order valence-corrected chi connectivity index (χ1v) is 7.79. The van der Waals surface area contributed by atoms with Gasteiger partial charge in [-0.2, -0.15) is 13.2 Å². The summed E-state index contributed by atoms with van der Waals surface area (Å²) in [5.41, 5.74) is 0.637. The molecule has 0 unspecified atom stereocenters. The predicted molar refractivity (Wildman–Crippen MR) is 92.0 cm³/mol. The Labute approximate surface area is 147 Å². The van der Waals surface area contributed by atoms with E-state index >= 15 is 0 Å². The van der Waals surface area contributed by atoms with Gasteiger partial charge in [0, 0.05) is 11.6 Å². The zero-order valence-corrected chi connectivity index (χ0v) is 13.8. The highest BCUT2D eigenvalue weighted by Gasteiger charge is 2.30. The number of nitrogens with zero attached hydrogens (tertiary/aromatic N) is 1. The van der Waals surface area contributed by atoms with Crippen molar-refractivity contribution in [1.82, 2.24) is 4.98 Å². The Balaban J connectivity index is 1.76. The minimum absolute atomic E-state index is 0.150. The highest BCUT2D eigenvalue weighted by atomic mass is 19.4. The fourth-order valence-corrected chi connectivity index (χ4v) is 2.48. The van der Waals surface area contributed by atoms with Crippen LogP contribution in [-0.2, 0) is 11.0 Å². The maximum Gasteiger partial charge on any atom is 0.416 e. The number of hydrogen-bond acceptors (Lipinski definition) is 3. The van der Waals surface area contributed by atoms with Gasteiger partial charge in [0.1, 0.15) is 5.75 Å². The van der Waals surface area contributed by atoms with Gasteiger partial charge in [0.05, 0.1) is 16.8 Å². The van der Waals surface area contributed by atoms with Gasteiger partial charge < -0.3 is 10.1 Å². The van der Waals surface area contributed by atoms with E-state index < -0.39 is 17.6 Å². The van der Waals surface area contributed by atoms with Crippen molar-refractivity contribution in [2.45, 2.75) is 13.1 Å². The number of carbonyl (C=O) groups excluding carboxylic acids is 1. The van der Waals surface area contributed by atoms with Crippen LogP contribution in [0.5, 0.6) is 5.75 Å². The zero-order chi connectivity index (χ0) is 18.7. The molecule has 134 valence electrons. The Bertz CT molecular complexity index is 955. The van der Waals surface area contributed by atoms with Crippen LogP contribution in [0.1, 0.15) is 11.1 Å². The van der Waals surface area contributed by atoms with Crippen LogP contribution < -0.4 is 10.1 Å². The summed E-state index contributed by atoms with van der Waals surface area (Å²) in [6, 6.07) is 12.0. The molecule has 26 heavy (non-hydrogen) atoms. The van der Waals surface area contributed by atoms with Crippen molar-refractivity contribution in [3.63, 3.8) is 0 Å². The second kappa shape index (κ2) is 7.03. The molecule has 1 heterocycles. The minimum atomic E-state index is -4.45. The molecular formula is C19H15F3N2O2. The fourth-order valence-electron chi connectivity index (χ4n) is 2.48. The van der Waals surface area contributed by atoms with E-state index in [4.69, 9.17) is 4.74 Å². The Morgan fingerprint density at radius 2 is 1.92 bits per heavy atom. The van der Waals surface area contributed by atoms with Crippen molar-refractivity contribution in [3.05, 3.63) is 65.9 Å². The minimum Gasteiger partial charge on any atom is -0.483 e. The molecule has 0 radical (unpaired) electrons. The average molecular weight is 360 g/mol. The topological polar surface area (TPSA) is 51.2 Å². The van der Waals surface area contributed by atoms with Gasteiger partial charge in [-0.15, -0.1) is 0 Å². The highest BCUT2D eigenvalue weighted by molar-refractivity contribution is 6.01. The van der Waals surface area contributed by atoms with Crippen LogP contribution in [0.3, 0.4) is 0 Å². The number of amides is 1. The van der Waals surface area contributed by atoms with Crippen LogP contribution in [0.2, 0.25) is 0 Å². The molecule has 0 fully saturated rings. The normalized spacial score (nSPS) is 11.4. The van der Waals surface area contributed by atoms with Gasteiger partial charge in [-0.3, -0.25) is 9.78 Å². The Morgan fingerprint density at radius 3 is 2.65 bits per heavy atom. The van der Waals surface area contributed by atoms with E-state index in [-0.39, 0.29) is 12.1 Å². The number of rotatable bonds is 4. The number of benzene rings is 2. The maximum absolute atomic E-state index is 12.8. The molecule has 1 amide bonds. The third kappa shape index (κ3) is 3.93. The lowest BCUT2D eigenvalue weighted by atomic mass is 10.1. The Hall–Kier alpha value is -3.09. The van der Waals surface area contributed by atoms with Gasteiger partial charge in [-0.1, -0.05) is 24.3 Å². The SMILES string of the molecule is Cc1ccccc1OCC(=O)Nc1ccnc2cc(C(F)(F)F)ccc12. The first-order chi connectivity index (χ1) is 12.3. The lowest BCUT2D eigenvalue weighted by Crippen LogP contribution is -2.20. The van der Waals surface area contributed by atoms with Crippen molar-refractivity contribution >= 4 is 22.5 Å². The summed E-state index contributed by atoms with van der Waals surface area (Å²) in [6.45, 7) is 1.65. The number of anilines is 1. The molecule has 1 aromatic heterocycles. The largest absolute Gasteiger partial charge is 0.483 e. The number of pyridine rings is 1. The third-order valence-electron chi connectivity index (χ3n) is 3.80. The van der Waals surface area contributed by atoms with E-state index in [9.17, 15) is 18.0 Å². The first kappa shape index (κ1) is 17.7. The lowest BCUT2D eigenvalue weighted by Gasteiger charge is -2.12. The summed E-state index contributed by atoms with van der Waals surface area (Å²) in [4.78, 5) is 16.1. The van der Waals surface area contributed by atoms with Gasteiger partial charge in [-0.25, -0.2) is 0 Å². The molecule has 4 nitrogen and oxygen atoms in total. The number of carbonyl (C=O) groups is 1. The van der Waals surface area contributed by atoms with Crippen LogP contribution in [0.25, 0.3) is 10.9 Å². The molecule has 0 saturated heterocycles. The fraction of sp³-hybridized carbons (Fsp3) is 0.158. The molecule has 0 aliphatic carbocycles. The standard InChI is InChI=1S/C19H15F3N2O2/c1-12-4-2-3-5-17(12)26-11-18(25)24-15-8-9-23-16-10-13(19(20,21)22)6-7-14(15)16/h2-10H,11H2,1H3,(H,23,24,25). The van der Waals surface area contributed by atoms with E-state index in [0.717, 1.165) is 17.7 Å². The number of aryl methyl sites for hydroxylation is 1. The van der Waals surface area contributed by atoms with Crippen molar-refractivity contribution in [2.24, 2.45) is 0 Å². The number of para-hydroxylation sites is 1. The summed E-state index contributed by atoms with van der Waals surface area (Å²) in [7, 11) is 0. The number of alkyl halides is 3. The number of aromatic nitrogens is 1. The predicted octanol–water partition coefficient (Wildman–Crippen LogP) is 4.58. The molecular weight excluding hydrogens is 345 g/mol. The zero-order valence-electron chi connectivity index (χ0n) is 13.8. The van der Waals surface area contributed by atoms with Crippen molar-refractivity contribution in [1.29, 1.82) is 0 Å². The van der Waals surface area contributed by atoms with E-state index in [1.165, 1.54) is 18.3 Å². The quantitative estimate of drug-likeness (QED) is 0.741. The Morgan fingerprint density at radius 1 is 1.15 bits per heavy atom. The molecule has 0 saturated carbocycles. The van der Waals surface area contributed by atoms with E-state index in [0.29, 0.717) is 16.8 Å². The number of halogens is 3. The molecule has 2 aromatic carbocycles. The van der Waals surface area contributed by atoms with E-state index in [1.54, 1.807) is 12.1 Å². The maximum atomic E-state index is 12.8. The smallest absolute Gasteiger partial charge is 0.416 e. The summed E-state index contributed by atoms with van der Waals surface area (Å²) in [5, 5.41) is 3.07. The number of hydrogen-bond donors (Lipinski definition) is 1. The summed E-state index contributed by atoms with van der Waals surface area (Å²) >= 11 is 0. The van der Waals surface area contributed by atoms with Crippen LogP contribution in [0.4, 0.5) is 18.9 Å². The number of fused-ring (bicyclic) bond motifs is 1. The van der Waals surface area contributed by atoms with Gasteiger partial charge in [0.2, 0.25) is 0 Å². The summed E-state index contributed by atoms with van der Waals surface area (Å²) < 4.78 is 43.9. The van der Waals surface area contributed by atoms with Gasteiger partial charge in [0.25, 0.3) is 5.91 Å². The third-order valence-corrected chi connectivity index (χ3v) is 3.80. The molecule has 0 spiro atoms. The monoisotopic (exact) mass is 360 g/mol. The number of ether oxygens (including phenoxy) is 1.